The topological polar surface area (TPSA) is 126 Å². The van der Waals surface area contributed by atoms with Gasteiger partial charge in [0.1, 0.15) is 5.82 Å². The summed E-state index contributed by atoms with van der Waals surface area (Å²) in [5, 5.41) is 12.2. The SMILES string of the molecule is N#Cc1ccc(-n2c(C3C=CNC3N)c(N)[nH]c2=O)c2c1CC2. The summed E-state index contributed by atoms with van der Waals surface area (Å²) in [4.78, 5) is 15.1. The number of nitrogens with one attached hydrogen (secondary N) is 2. The van der Waals surface area contributed by atoms with E-state index in [-0.39, 0.29) is 17.8 Å². The molecule has 1 aliphatic carbocycles. The molecule has 0 radical (unpaired) electrons. The molecule has 4 rings (SSSR count). The molecule has 2 unspecified atom stereocenters. The van der Waals surface area contributed by atoms with Crippen LogP contribution in [-0.4, -0.2) is 15.7 Å². The van der Waals surface area contributed by atoms with E-state index in [1.807, 2.05) is 12.1 Å². The number of rotatable bonds is 2. The van der Waals surface area contributed by atoms with Crippen molar-refractivity contribution in [1.29, 1.82) is 5.26 Å². The Morgan fingerprint density at radius 3 is 2.70 bits per heavy atom. The number of nitrogens with zero attached hydrogens (tertiary/aromatic N) is 2. The Morgan fingerprint density at radius 1 is 1.30 bits per heavy atom. The van der Waals surface area contributed by atoms with Gasteiger partial charge in [0.05, 0.1) is 35.1 Å². The van der Waals surface area contributed by atoms with Gasteiger partial charge in [-0.25, -0.2) is 4.79 Å². The van der Waals surface area contributed by atoms with Crippen LogP contribution in [0.2, 0.25) is 0 Å². The molecule has 1 aliphatic heterocycles. The van der Waals surface area contributed by atoms with E-state index in [1.165, 1.54) is 0 Å². The molecule has 2 aromatic rings. The molecule has 0 spiro atoms. The van der Waals surface area contributed by atoms with E-state index in [0.717, 1.165) is 29.7 Å². The van der Waals surface area contributed by atoms with Crippen molar-refractivity contribution in [2.24, 2.45) is 5.73 Å². The van der Waals surface area contributed by atoms with Crippen LogP contribution in [0.1, 0.15) is 28.3 Å². The summed E-state index contributed by atoms with van der Waals surface area (Å²) in [5.74, 6) is 0.126. The lowest BCUT2D eigenvalue weighted by Gasteiger charge is -2.26. The van der Waals surface area contributed by atoms with E-state index < -0.39 is 0 Å². The van der Waals surface area contributed by atoms with Crippen molar-refractivity contribution in [2.45, 2.75) is 24.9 Å². The second kappa shape index (κ2) is 4.76. The molecule has 0 bridgehead atoms. The van der Waals surface area contributed by atoms with Crippen molar-refractivity contribution in [3.05, 3.63) is 57.3 Å². The van der Waals surface area contributed by atoms with E-state index in [9.17, 15) is 10.1 Å². The predicted molar refractivity (Wildman–Crippen MR) is 85.9 cm³/mol. The lowest BCUT2D eigenvalue weighted by Crippen LogP contribution is -2.36. The number of nitriles is 1. The van der Waals surface area contributed by atoms with Gasteiger partial charge in [0.15, 0.2) is 0 Å². The summed E-state index contributed by atoms with van der Waals surface area (Å²) in [6.07, 6.45) is 5.05. The molecule has 116 valence electrons. The number of benzene rings is 1. The van der Waals surface area contributed by atoms with Gasteiger partial charge in [-0.2, -0.15) is 5.26 Å². The Hall–Kier alpha value is -2.98. The maximum absolute atomic E-state index is 12.4. The highest BCUT2D eigenvalue weighted by Crippen LogP contribution is 2.35. The minimum Gasteiger partial charge on any atom is -0.384 e. The maximum atomic E-state index is 12.4. The molecular weight excluding hydrogens is 292 g/mol. The number of aromatic nitrogens is 2. The van der Waals surface area contributed by atoms with Crippen LogP contribution in [0, 0.1) is 11.3 Å². The highest BCUT2D eigenvalue weighted by atomic mass is 16.1. The Bertz CT molecular complexity index is 929. The van der Waals surface area contributed by atoms with Crippen molar-refractivity contribution in [2.75, 3.05) is 5.73 Å². The van der Waals surface area contributed by atoms with Crippen LogP contribution >= 0.6 is 0 Å². The third-order valence-corrected chi connectivity index (χ3v) is 4.65. The van der Waals surface area contributed by atoms with Gasteiger partial charge in [-0.1, -0.05) is 6.08 Å². The predicted octanol–water partition coefficient (Wildman–Crippen LogP) is 0.203. The number of hydrogen-bond acceptors (Lipinski definition) is 5. The fourth-order valence-electron chi connectivity index (χ4n) is 3.42. The van der Waals surface area contributed by atoms with Crippen molar-refractivity contribution in [1.82, 2.24) is 14.9 Å². The highest BCUT2D eigenvalue weighted by Gasteiger charge is 2.30. The lowest BCUT2D eigenvalue weighted by molar-refractivity contribution is 0.576. The van der Waals surface area contributed by atoms with Gasteiger partial charge in [0, 0.05) is 0 Å². The fourth-order valence-corrected chi connectivity index (χ4v) is 3.42. The third-order valence-electron chi connectivity index (χ3n) is 4.65. The summed E-state index contributed by atoms with van der Waals surface area (Å²) in [6.45, 7) is 0. The largest absolute Gasteiger partial charge is 0.384 e. The average molecular weight is 308 g/mol. The summed E-state index contributed by atoms with van der Waals surface area (Å²) < 4.78 is 1.59. The highest BCUT2D eigenvalue weighted by molar-refractivity contribution is 5.60. The quantitative estimate of drug-likeness (QED) is 0.630. The molecule has 7 heteroatoms. The van der Waals surface area contributed by atoms with E-state index in [1.54, 1.807) is 16.8 Å². The first-order valence-electron chi connectivity index (χ1n) is 7.45. The average Bonchev–Trinajstić information content (AvgIpc) is 3.02. The third kappa shape index (κ3) is 1.82. The first kappa shape index (κ1) is 13.7. The first-order valence-corrected chi connectivity index (χ1v) is 7.45. The number of anilines is 1. The van der Waals surface area contributed by atoms with Gasteiger partial charge in [0.25, 0.3) is 0 Å². The molecule has 2 aliphatic rings. The molecular formula is C16H16N6O. The number of nitrogens with two attached hydrogens (primary N) is 2. The Kier molecular flexibility index (Phi) is 2.83. The molecule has 7 nitrogen and oxygen atoms in total. The van der Waals surface area contributed by atoms with E-state index in [4.69, 9.17) is 11.5 Å². The van der Waals surface area contributed by atoms with E-state index in [0.29, 0.717) is 17.1 Å². The molecule has 23 heavy (non-hydrogen) atoms. The maximum Gasteiger partial charge on any atom is 0.331 e. The van der Waals surface area contributed by atoms with Crippen molar-refractivity contribution >= 4 is 5.82 Å². The van der Waals surface area contributed by atoms with Crippen molar-refractivity contribution < 1.29 is 0 Å². The van der Waals surface area contributed by atoms with Crippen LogP contribution in [0.4, 0.5) is 5.82 Å². The number of aromatic amines is 1. The zero-order chi connectivity index (χ0) is 16.1. The first-order chi connectivity index (χ1) is 11.1. The van der Waals surface area contributed by atoms with Gasteiger partial charge in [-0.3, -0.25) is 9.55 Å². The Labute approximate surface area is 132 Å². The van der Waals surface area contributed by atoms with Crippen LogP contribution in [0.3, 0.4) is 0 Å². The number of H-pyrrole nitrogens is 1. The van der Waals surface area contributed by atoms with Gasteiger partial charge in [-0.15, -0.1) is 0 Å². The Balaban J connectivity index is 1.95. The van der Waals surface area contributed by atoms with Crippen molar-refractivity contribution in [3.8, 4) is 11.8 Å². The molecule has 0 saturated heterocycles. The summed E-state index contributed by atoms with van der Waals surface area (Å²) >= 11 is 0. The molecule has 1 aromatic heterocycles. The molecule has 1 aromatic carbocycles. The monoisotopic (exact) mass is 308 g/mol. The Morgan fingerprint density at radius 2 is 2.09 bits per heavy atom. The minimum absolute atomic E-state index is 0.194. The van der Waals surface area contributed by atoms with Gasteiger partial charge >= 0.3 is 5.69 Å². The molecule has 0 amide bonds. The second-order valence-corrected chi connectivity index (χ2v) is 5.84. The molecule has 0 fully saturated rings. The van der Waals surface area contributed by atoms with E-state index >= 15 is 0 Å². The van der Waals surface area contributed by atoms with Crippen LogP contribution < -0.4 is 22.5 Å². The van der Waals surface area contributed by atoms with Gasteiger partial charge in [-0.05, 0) is 42.3 Å². The minimum atomic E-state index is -0.331. The van der Waals surface area contributed by atoms with Crippen LogP contribution in [0.5, 0.6) is 0 Å². The lowest BCUT2D eigenvalue weighted by atomic mass is 9.83. The van der Waals surface area contributed by atoms with Gasteiger partial charge in [0.2, 0.25) is 0 Å². The van der Waals surface area contributed by atoms with Crippen LogP contribution in [0.25, 0.3) is 5.69 Å². The summed E-state index contributed by atoms with van der Waals surface area (Å²) in [6, 6.07) is 5.77. The standard InChI is InChI=1S/C16H16N6O/c17-7-8-1-4-12(10-3-2-9(8)10)22-13(15(19)21-16(22)23)11-5-6-20-14(11)18/h1,4-6,11,14,20H,2-3,18-19H2,(H,21,23). The molecule has 2 heterocycles. The zero-order valence-electron chi connectivity index (χ0n) is 12.3. The summed E-state index contributed by atoms with van der Waals surface area (Å²) in [5.41, 5.74) is 16.0. The molecule has 6 N–H and O–H groups in total. The van der Waals surface area contributed by atoms with Gasteiger partial charge < -0.3 is 16.8 Å². The van der Waals surface area contributed by atoms with Crippen molar-refractivity contribution in [3.63, 3.8) is 0 Å². The van der Waals surface area contributed by atoms with Crippen LogP contribution in [-0.2, 0) is 12.8 Å². The van der Waals surface area contributed by atoms with Crippen LogP contribution in [0.15, 0.2) is 29.2 Å². The normalized spacial score (nSPS) is 21.4. The number of imidazole rings is 1. The molecule has 2 atom stereocenters. The smallest absolute Gasteiger partial charge is 0.331 e. The van der Waals surface area contributed by atoms with E-state index in [2.05, 4.69) is 16.4 Å². The number of fused-ring (bicyclic) bond motifs is 1. The second-order valence-electron chi connectivity index (χ2n) is 5.84. The fraction of sp³-hybridized carbons (Fsp3) is 0.250. The number of nitrogen functional groups attached to an aromatic ring is 1. The zero-order valence-corrected chi connectivity index (χ0v) is 12.3. The molecule has 0 saturated carbocycles. The number of hydrogen-bond donors (Lipinski definition) is 4. The summed E-state index contributed by atoms with van der Waals surface area (Å²) in [7, 11) is 0.